The Labute approximate surface area is 190 Å². The third-order valence-corrected chi connectivity index (χ3v) is 5.39. The van der Waals surface area contributed by atoms with Crippen molar-refractivity contribution in [2.24, 2.45) is 0 Å². The lowest BCUT2D eigenvalue weighted by Crippen LogP contribution is -2.11. The van der Waals surface area contributed by atoms with Gasteiger partial charge in [0.2, 0.25) is 11.9 Å². The summed E-state index contributed by atoms with van der Waals surface area (Å²) < 4.78 is 9.00. The number of aromatic nitrogens is 6. The molecule has 5 rings (SSSR count). The van der Waals surface area contributed by atoms with Gasteiger partial charge in [-0.25, -0.2) is 9.67 Å². The molecule has 166 valence electrons. The summed E-state index contributed by atoms with van der Waals surface area (Å²) in [7, 11) is 1.66. The van der Waals surface area contributed by atoms with Gasteiger partial charge in [0.15, 0.2) is 17.0 Å². The van der Waals surface area contributed by atoms with Crippen LogP contribution in [0.15, 0.2) is 73.1 Å². The Hall–Kier alpha value is -4.40. The fraction of sp³-hybridized carbons (Fsp3) is 0.167. The molecule has 0 radical (unpaired) electrons. The van der Waals surface area contributed by atoms with Crippen LogP contribution in [0.5, 0.6) is 5.75 Å². The minimum Gasteiger partial charge on any atom is -0.497 e. The van der Waals surface area contributed by atoms with Gasteiger partial charge in [0.1, 0.15) is 5.75 Å². The Morgan fingerprint density at radius 2 is 1.76 bits per heavy atom. The molecule has 0 unspecified atom stereocenters. The standard InChI is InChI=1S/C24H24N8O/c1-33-19-10-8-17(9-11-19)12-15-31-22-20(28-24(31)32-14-5-13-27-32)21(25)29-23(30-22)26-16-18-6-3-2-4-7-18/h2-11,13-14H,12,15-16H2,1H3,(H3,25,26,29,30). The lowest BCUT2D eigenvalue weighted by molar-refractivity contribution is 0.414. The van der Waals surface area contributed by atoms with Crippen LogP contribution in [0.3, 0.4) is 0 Å². The molecule has 5 aromatic rings. The fourth-order valence-electron chi connectivity index (χ4n) is 3.67. The summed E-state index contributed by atoms with van der Waals surface area (Å²) in [4.78, 5) is 13.9. The van der Waals surface area contributed by atoms with E-state index in [4.69, 9.17) is 20.4 Å². The Balaban J connectivity index is 1.49. The highest BCUT2D eigenvalue weighted by Crippen LogP contribution is 2.24. The van der Waals surface area contributed by atoms with Crippen LogP contribution in [0.25, 0.3) is 17.1 Å². The minimum absolute atomic E-state index is 0.326. The van der Waals surface area contributed by atoms with Gasteiger partial charge in [-0.2, -0.15) is 15.1 Å². The zero-order valence-corrected chi connectivity index (χ0v) is 18.2. The maximum absolute atomic E-state index is 6.29. The first-order valence-electron chi connectivity index (χ1n) is 10.7. The number of rotatable bonds is 8. The molecule has 3 aromatic heterocycles. The Morgan fingerprint density at radius 3 is 2.48 bits per heavy atom. The van der Waals surface area contributed by atoms with Crippen LogP contribution >= 0.6 is 0 Å². The molecular formula is C24H24N8O. The van der Waals surface area contributed by atoms with Crippen LogP contribution in [0.2, 0.25) is 0 Å². The van der Waals surface area contributed by atoms with Crippen molar-refractivity contribution in [2.75, 3.05) is 18.2 Å². The summed E-state index contributed by atoms with van der Waals surface area (Å²) in [5.74, 6) is 2.26. The summed E-state index contributed by atoms with van der Waals surface area (Å²) in [6.07, 6.45) is 4.35. The van der Waals surface area contributed by atoms with Crippen molar-refractivity contribution < 1.29 is 4.74 Å². The van der Waals surface area contributed by atoms with Gasteiger partial charge in [0, 0.05) is 25.5 Å². The van der Waals surface area contributed by atoms with Gasteiger partial charge >= 0.3 is 0 Å². The van der Waals surface area contributed by atoms with Crippen molar-refractivity contribution in [3.05, 3.63) is 84.2 Å². The number of fused-ring (bicyclic) bond motifs is 1. The highest BCUT2D eigenvalue weighted by atomic mass is 16.5. The van der Waals surface area contributed by atoms with Crippen molar-refractivity contribution >= 4 is 22.9 Å². The minimum atomic E-state index is 0.326. The molecule has 0 fully saturated rings. The maximum atomic E-state index is 6.29. The Bertz CT molecular complexity index is 1350. The molecule has 2 aromatic carbocycles. The van der Waals surface area contributed by atoms with E-state index in [1.165, 1.54) is 5.56 Å². The normalized spacial score (nSPS) is 11.1. The second kappa shape index (κ2) is 8.99. The molecule has 0 amide bonds. The quantitative estimate of drug-likeness (QED) is 0.380. The zero-order valence-electron chi connectivity index (χ0n) is 18.2. The molecule has 33 heavy (non-hydrogen) atoms. The fourth-order valence-corrected chi connectivity index (χ4v) is 3.67. The van der Waals surface area contributed by atoms with Crippen LogP contribution < -0.4 is 15.8 Å². The van der Waals surface area contributed by atoms with Crippen molar-refractivity contribution in [1.82, 2.24) is 29.3 Å². The molecule has 0 aliphatic heterocycles. The molecule has 3 N–H and O–H groups in total. The van der Waals surface area contributed by atoms with E-state index in [1.54, 1.807) is 18.0 Å². The smallest absolute Gasteiger partial charge is 0.233 e. The number of nitrogens with two attached hydrogens (primary N) is 1. The van der Waals surface area contributed by atoms with Crippen molar-refractivity contribution in [3.63, 3.8) is 0 Å². The van der Waals surface area contributed by atoms with E-state index in [1.807, 2.05) is 59.3 Å². The van der Waals surface area contributed by atoms with Crippen molar-refractivity contribution in [2.45, 2.75) is 19.5 Å². The molecule has 0 atom stereocenters. The number of nitrogens with zero attached hydrogens (tertiary/aromatic N) is 6. The van der Waals surface area contributed by atoms with E-state index in [2.05, 4.69) is 27.5 Å². The van der Waals surface area contributed by atoms with Gasteiger partial charge in [-0.15, -0.1) is 0 Å². The van der Waals surface area contributed by atoms with Gasteiger partial charge in [0.05, 0.1) is 7.11 Å². The molecule has 0 aliphatic rings. The molecule has 0 spiro atoms. The highest BCUT2D eigenvalue weighted by molar-refractivity contribution is 5.84. The monoisotopic (exact) mass is 440 g/mol. The van der Waals surface area contributed by atoms with Crippen LogP contribution in [0, 0.1) is 0 Å². The zero-order chi connectivity index (χ0) is 22.6. The number of nitrogens with one attached hydrogen (secondary N) is 1. The van der Waals surface area contributed by atoms with Gasteiger partial charge in [0.25, 0.3) is 0 Å². The van der Waals surface area contributed by atoms with E-state index in [9.17, 15) is 0 Å². The summed E-state index contributed by atoms with van der Waals surface area (Å²) in [6.45, 7) is 1.24. The Morgan fingerprint density at radius 1 is 0.939 bits per heavy atom. The molecule has 0 saturated carbocycles. The summed E-state index contributed by atoms with van der Waals surface area (Å²) in [6, 6.07) is 20.0. The second-order valence-corrected chi connectivity index (χ2v) is 7.56. The molecule has 3 heterocycles. The molecular weight excluding hydrogens is 416 g/mol. The lowest BCUT2D eigenvalue weighted by Gasteiger charge is -2.10. The van der Waals surface area contributed by atoms with Crippen LogP contribution in [-0.4, -0.2) is 36.4 Å². The average Bonchev–Trinajstić information content (AvgIpc) is 3.51. The third kappa shape index (κ3) is 4.33. The number of hydrogen-bond donors (Lipinski definition) is 2. The maximum Gasteiger partial charge on any atom is 0.233 e. The van der Waals surface area contributed by atoms with Crippen LogP contribution in [0.1, 0.15) is 11.1 Å². The van der Waals surface area contributed by atoms with Crippen LogP contribution in [0.4, 0.5) is 11.8 Å². The average molecular weight is 441 g/mol. The molecule has 0 aliphatic carbocycles. The number of ether oxygens (including phenoxy) is 1. The number of methoxy groups -OCH3 is 1. The first kappa shape index (κ1) is 20.5. The van der Waals surface area contributed by atoms with Crippen molar-refractivity contribution in [1.29, 1.82) is 0 Å². The SMILES string of the molecule is COc1ccc(CCn2c(-n3cccn3)nc3c(N)nc(NCc4ccccc4)nc32)cc1. The third-order valence-electron chi connectivity index (χ3n) is 5.39. The molecule has 0 saturated heterocycles. The summed E-state index contributed by atoms with van der Waals surface area (Å²) in [5, 5.41) is 7.63. The predicted molar refractivity (Wildman–Crippen MR) is 127 cm³/mol. The van der Waals surface area contributed by atoms with Crippen molar-refractivity contribution in [3.8, 4) is 11.7 Å². The Kier molecular flexibility index (Phi) is 5.59. The molecule has 0 bridgehead atoms. The first-order valence-corrected chi connectivity index (χ1v) is 10.7. The van der Waals surface area contributed by atoms with Crippen LogP contribution in [-0.2, 0) is 19.5 Å². The van der Waals surface area contributed by atoms with Gasteiger partial charge in [-0.1, -0.05) is 42.5 Å². The second-order valence-electron chi connectivity index (χ2n) is 7.56. The van der Waals surface area contributed by atoms with E-state index in [0.29, 0.717) is 42.0 Å². The van der Waals surface area contributed by atoms with Gasteiger partial charge < -0.3 is 15.8 Å². The number of aryl methyl sites for hydroxylation is 2. The number of nitrogen functional groups attached to an aromatic ring is 1. The largest absolute Gasteiger partial charge is 0.497 e. The van der Waals surface area contributed by atoms with E-state index >= 15 is 0 Å². The topological polar surface area (TPSA) is 109 Å². The van der Waals surface area contributed by atoms with E-state index < -0.39 is 0 Å². The predicted octanol–water partition coefficient (Wildman–Crippen LogP) is 3.46. The number of imidazole rings is 1. The van der Waals surface area contributed by atoms with E-state index in [-0.39, 0.29) is 0 Å². The van der Waals surface area contributed by atoms with E-state index in [0.717, 1.165) is 17.7 Å². The molecule has 9 heteroatoms. The summed E-state index contributed by atoms with van der Waals surface area (Å²) >= 11 is 0. The molecule has 9 nitrogen and oxygen atoms in total. The first-order chi connectivity index (χ1) is 16.2. The highest BCUT2D eigenvalue weighted by Gasteiger charge is 2.18. The number of hydrogen-bond acceptors (Lipinski definition) is 7. The van der Waals surface area contributed by atoms with Gasteiger partial charge in [-0.05, 0) is 35.7 Å². The number of anilines is 2. The lowest BCUT2D eigenvalue weighted by atomic mass is 10.1. The summed E-state index contributed by atoms with van der Waals surface area (Å²) in [5.41, 5.74) is 9.81. The van der Waals surface area contributed by atoms with Gasteiger partial charge in [-0.3, -0.25) is 4.57 Å². The number of benzene rings is 2.